The molecule has 0 saturated heterocycles. The SMILES string of the molecule is CCN(CC)C(=O)c1cccc(NC(=O)CNC2CCc3ccccc3OC2)c1. The standard InChI is InChI=1S/C23H29N3O3/c1-3-26(4-2)23(28)18-9-7-10-19(14-18)25-22(27)15-24-20-13-12-17-8-5-6-11-21(17)29-16-20/h5-11,14,20,24H,3-4,12-13,15-16H2,1-2H3,(H,25,27). The molecule has 2 aromatic rings. The summed E-state index contributed by atoms with van der Waals surface area (Å²) in [5.41, 5.74) is 2.41. The van der Waals surface area contributed by atoms with Gasteiger partial charge in [-0.3, -0.25) is 9.59 Å². The van der Waals surface area contributed by atoms with Crippen molar-refractivity contribution >= 4 is 17.5 Å². The van der Waals surface area contributed by atoms with E-state index in [0.717, 1.165) is 18.6 Å². The van der Waals surface area contributed by atoms with Crippen LogP contribution in [0.3, 0.4) is 0 Å². The lowest BCUT2D eigenvalue weighted by Gasteiger charge is -2.19. The summed E-state index contributed by atoms with van der Waals surface area (Å²) in [6.07, 6.45) is 1.84. The molecule has 2 amide bonds. The Balaban J connectivity index is 1.51. The van der Waals surface area contributed by atoms with Crippen LogP contribution in [0.4, 0.5) is 5.69 Å². The van der Waals surface area contributed by atoms with Crippen molar-refractivity contribution in [3.8, 4) is 5.75 Å². The number of nitrogens with one attached hydrogen (secondary N) is 2. The van der Waals surface area contributed by atoms with Crippen LogP contribution in [0.5, 0.6) is 5.75 Å². The van der Waals surface area contributed by atoms with Crippen LogP contribution in [0.25, 0.3) is 0 Å². The van der Waals surface area contributed by atoms with Gasteiger partial charge in [0.1, 0.15) is 12.4 Å². The first-order valence-electron chi connectivity index (χ1n) is 10.2. The van der Waals surface area contributed by atoms with Gasteiger partial charge in [0, 0.05) is 30.4 Å². The monoisotopic (exact) mass is 395 g/mol. The zero-order valence-electron chi connectivity index (χ0n) is 17.1. The van der Waals surface area contributed by atoms with Crippen molar-refractivity contribution in [1.29, 1.82) is 0 Å². The summed E-state index contributed by atoms with van der Waals surface area (Å²) in [5, 5.41) is 6.15. The molecule has 2 aromatic carbocycles. The van der Waals surface area contributed by atoms with E-state index in [9.17, 15) is 9.59 Å². The molecule has 29 heavy (non-hydrogen) atoms. The molecule has 1 unspecified atom stereocenters. The minimum absolute atomic E-state index is 0.0283. The van der Waals surface area contributed by atoms with Gasteiger partial charge < -0.3 is 20.3 Å². The number of para-hydroxylation sites is 1. The van der Waals surface area contributed by atoms with Gasteiger partial charge in [0.15, 0.2) is 0 Å². The van der Waals surface area contributed by atoms with E-state index >= 15 is 0 Å². The molecule has 1 aliphatic rings. The lowest BCUT2D eigenvalue weighted by molar-refractivity contribution is -0.115. The summed E-state index contributed by atoms with van der Waals surface area (Å²) in [6, 6.07) is 15.2. The number of benzene rings is 2. The van der Waals surface area contributed by atoms with Crippen LogP contribution in [0.15, 0.2) is 48.5 Å². The molecule has 154 valence electrons. The average molecular weight is 396 g/mol. The first kappa shape index (κ1) is 20.9. The van der Waals surface area contributed by atoms with Crippen LogP contribution in [0.2, 0.25) is 0 Å². The van der Waals surface area contributed by atoms with Crippen molar-refractivity contribution in [2.45, 2.75) is 32.7 Å². The lowest BCUT2D eigenvalue weighted by atomic mass is 10.1. The van der Waals surface area contributed by atoms with E-state index in [2.05, 4.69) is 16.7 Å². The van der Waals surface area contributed by atoms with Gasteiger partial charge in [-0.1, -0.05) is 24.3 Å². The molecular weight excluding hydrogens is 366 g/mol. The molecule has 1 aliphatic heterocycles. The molecule has 1 heterocycles. The first-order chi connectivity index (χ1) is 14.1. The average Bonchev–Trinajstić information content (AvgIpc) is 2.96. The highest BCUT2D eigenvalue weighted by Crippen LogP contribution is 2.23. The zero-order chi connectivity index (χ0) is 20.6. The third kappa shape index (κ3) is 5.57. The smallest absolute Gasteiger partial charge is 0.253 e. The summed E-state index contributed by atoms with van der Waals surface area (Å²) < 4.78 is 5.86. The van der Waals surface area contributed by atoms with Gasteiger partial charge in [0.25, 0.3) is 5.91 Å². The fourth-order valence-corrected chi connectivity index (χ4v) is 3.48. The Morgan fingerprint density at radius 2 is 1.90 bits per heavy atom. The Morgan fingerprint density at radius 1 is 1.10 bits per heavy atom. The van der Waals surface area contributed by atoms with E-state index in [1.54, 1.807) is 29.2 Å². The van der Waals surface area contributed by atoms with E-state index in [-0.39, 0.29) is 24.4 Å². The maximum atomic E-state index is 12.5. The lowest BCUT2D eigenvalue weighted by Crippen LogP contribution is -2.39. The van der Waals surface area contributed by atoms with Crippen molar-refractivity contribution in [3.63, 3.8) is 0 Å². The predicted molar refractivity (Wildman–Crippen MR) is 114 cm³/mol. The van der Waals surface area contributed by atoms with Crippen LogP contribution in [-0.2, 0) is 11.2 Å². The largest absolute Gasteiger partial charge is 0.492 e. The van der Waals surface area contributed by atoms with Crippen molar-refractivity contribution in [1.82, 2.24) is 10.2 Å². The Morgan fingerprint density at radius 3 is 2.69 bits per heavy atom. The van der Waals surface area contributed by atoms with Gasteiger partial charge in [0.2, 0.25) is 5.91 Å². The van der Waals surface area contributed by atoms with Crippen molar-refractivity contribution in [2.75, 3.05) is 31.6 Å². The molecular formula is C23H29N3O3. The molecule has 3 rings (SSSR count). The molecule has 2 N–H and O–H groups in total. The highest BCUT2D eigenvalue weighted by molar-refractivity contribution is 5.97. The molecule has 0 aliphatic carbocycles. The van der Waals surface area contributed by atoms with Gasteiger partial charge in [-0.05, 0) is 56.5 Å². The summed E-state index contributed by atoms with van der Waals surface area (Å²) in [6.45, 7) is 5.95. The van der Waals surface area contributed by atoms with E-state index in [4.69, 9.17) is 4.74 Å². The first-order valence-corrected chi connectivity index (χ1v) is 10.2. The number of fused-ring (bicyclic) bond motifs is 1. The summed E-state index contributed by atoms with van der Waals surface area (Å²) in [5.74, 6) is 0.759. The van der Waals surface area contributed by atoms with E-state index in [0.29, 0.717) is 30.9 Å². The number of carbonyl (C=O) groups is 2. The fraction of sp³-hybridized carbons (Fsp3) is 0.391. The molecule has 1 atom stereocenters. The van der Waals surface area contributed by atoms with Crippen LogP contribution < -0.4 is 15.4 Å². The minimum Gasteiger partial charge on any atom is -0.492 e. The van der Waals surface area contributed by atoms with Gasteiger partial charge >= 0.3 is 0 Å². The predicted octanol–water partition coefficient (Wildman–Crippen LogP) is 3.09. The number of ether oxygens (including phenoxy) is 1. The number of hydrogen-bond acceptors (Lipinski definition) is 4. The summed E-state index contributed by atoms with van der Waals surface area (Å²) >= 11 is 0. The quantitative estimate of drug-likeness (QED) is 0.756. The maximum Gasteiger partial charge on any atom is 0.253 e. The molecule has 6 nitrogen and oxygen atoms in total. The van der Waals surface area contributed by atoms with Gasteiger partial charge in [-0.15, -0.1) is 0 Å². The number of hydrogen-bond donors (Lipinski definition) is 2. The molecule has 0 saturated carbocycles. The van der Waals surface area contributed by atoms with E-state index in [1.807, 2.05) is 32.0 Å². The van der Waals surface area contributed by atoms with Crippen LogP contribution >= 0.6 is 0 Å². The maximum absolute atomic E-state index is 12.5. The number of amides is 2. The van der Waals surface area contributed by atoms with Crippen molar-refractivity contribution in [3.05, 3.63) is 59.7 Å². The van der Waals surface area contributed by atoms with E-state index < -0.39 is 0 Å². The Hall–Kier alpha value is -2.86. The van der Waals surface area contributed by atoms with Crippen molar-refractivity contribution in [2.24, 2.45) is 0 Å². The number of rotatable bonds is 7. The fourth-order valence-electron chi connectivity index (χ4n) is 3.48. The highest BCUT2D eigenvalue weighted by Gasteiger charge is 2.18. The van der Waals surface area contributed by atoms with Gasteiger partial charge in [-0.2, -0.15) is 0 Å². The highest BCUT2D eigenvalue weighted by atomic mass is 16.5. The number of aryl methyl sites for hydroxylation is 1. The number of anilines is 1. The molecule has 0 radical (unpaired) electrons. The molecule has 0 aromatic heterocycles. The zero-order valence-corrected chi connectivity index (χ0v) is 17.1. The molecule has 0 fully saturated rings. The normalized spacial score (nSPS) is 15.6. The second-order valence-corrected chi connectivity index (χ2v) is 7.14. The van der Waals surface area contributed by atoms with Crippen molar-refractivity contribution < 1.29 is 14.3 Å². The Bertz CT molecular complexity index is 822. The second-order valence-electron chi connectivity index (χ2n) is 7.14. The second kappa shape index (κ2) is 10.1. The van der Waals surface area contributed by atoms with Gasteiger partial charge in [-0.25, -0.2) is 0 Å². The number of nitrogens with zero attached hydrogens (tertiary/aromatic N) is 1. The molecule has 6 heteroatoms. The third-order valence-corrected chi connectivity index (χ3v) is 5.17. The number of carbonyl (C=O) groups excluding carboxylic acids is 2. The third-order valence-electron chi connectivity index (χ3n) is 5.17. The summed E-state index contributed by atoms with van der Waals surface area (Å²) in [4.78, 5) is 26.6. The van der Waals surface area contributed by atoms with Gasteiger partial charge in [0.05, 0.1) is 6.54 Å². The molecule has 0 spiro atoms. The minimum atomic E-state index is -0.140. The van der Waals surface area contributed by atoms with Crippen LogP contribution in [0, 0.1) is 0 Å². The van der Waals surface area contributed by atoms with E-state index in [1.165, 1.54) is 5.56 Å². The summed E-state index contributed by atoms with van der Waals surface area (Å²) in [7, 11) is 0. The Labute approximate surface area is 172 Å². The topological polar surface area (TPSA) is 70.7 Å². The Kier molecular flexibility index (Phi) is 7.25. The van der Waals surface area contributed by atoms with Crippen LogP contribution in [-0.4, -0.2) is 49.0 Å². The van der Waals surface area contributed by atoms with Crippen LogP contribution in [0.1, 0.15) is 36.2 Å². The molecule has 0 bridgehead atoms.